The number of hydrogen-bond donors (Lipinski definition) is 1. The summed E-state index contributed by atoms with van der Waals surface area (Å²) < 4.78 is 26.9. The SMILES string of the molecule is O=C(Cc1cc(F)ccc1F)C1CCN(Cc2ncc[nH]c2=O)CC1. The molecule has 1 saturated heterocycles. The molecule has 0 unspecified atom stereocenters. The Balaban J connectivity index is 1.55. The highest BCUT2D eigenvalue weighted by Crippen LogP contribution is 2.21. The first-order valence-corrected chi connectivity index (χ1v) is 8.24. The number of H-pyrrole nitrogens is 1. The Morgan fingerprint density at radius 1 is 1.28 bits per heavy atom. The molecule has 0 aliphatic carbocycles. The van der Waals surface area contributed by atoms with E-state index in [0.29, 0.717) is 38.2 Å². The molecule has 0 amide bonds. The van der Waals surface area contributed by atoms with Crippen molar-refractivity contribution in [1.29, 1.82) is 0 Å². The first kappa shape index (κ1) is 17.4. The van der Waals surface area contributed by atoms with Crippen molar-refractivity contribution in [3.05, 3.63) is 63.8 Å². The molecule has 1 aromatic heterocycles. The van der Waals surface area contributed by atoms with Crippen LogP contribution in [0.1, 0.15) is 24.1 Å². The molecule has 2 aromatic rings. The van der Waals surface area contributed by atoms with Gasteiger partial charge in [-0.25, -0.2) is 8.78 Å². The molecule has 0 spiro atoms. The molecule has 0 radical (unpaired) electrons. The lowest BCUT2D eigenvalue weighted by molar-refractivity contribution is -0.123. The van der Waals surface area contributed by atoms with Crippen LogP contribution < -0.4 is 5.56 Å². The third-order valence-corrected chi connectivity index (χ3v) is 4.57. The van der Waals surface area contributed by atoms with Gasteiger partial charge >= 0.3 is 0 Å². The minimum Gasteiger partial charge on any atom is -0.326 e. The average Bonchev–Trinajstić information content (AvgIpc) is 2.61. The van der Waals surface area contributed by atoms with E-state index >= 15 is 0 Å². The van der Waals surface area contributed by atoms with Crippen LogP contribution in [0.2, 0.25) is 0 Å². The number of nitrogens with one attached hydrogen (secondary N) is 1. The number of hydrogen-bond acceptors (Lipinski definition) is 4. The molecule has 2 heterocycles. The standard InChI is InChI=1S/C18H19F2N3O2/c19-14-1-2-15(20)13(9-14)10-17(24)12-3-7-23(8-4-12)11-16-18(25)22-6-5-21-16/h1-2,5-6,9,12H,3-4,7-8,10-11H2,(H,22,25). The predicted octanol–water partition coefficient (Wildman–Crippen LogP) is 2.07. The van der Waals surface area contributed by atoms with Crippen LogP contribution in [0.15, 0.2) is 35.4 Å². The molecule has 1 N–H and O–H groups in total. The number of benzene rings is 1. The third kappa shape index (κ3) is 4.36. The van der Waals surface area contributed by atoms with Gasteiger partial charge in [0.05, 0.1) is 0 Å². The number of carbonyl (C=O) groups excluding carboxylic acids is 1. The molecule has 0 saturated carbocycles. The number of ketones is 1. The van der Waals surface area contributed by atoms with Gasteiger partial charge in [-0.15, -0.1) is 0 Å². The van der Waals surface area contributed by atoms with Crippen LogP contribution >= 0.6 is 0 Å². The first-order chi connectivity index (χ1) is 12.0. The monoisotopic (exact) mass is 347 g/mol. The second-order valence-corrected chi connectivity index (χ2v) is 6.29. The molecule has 7 heteroatoms. The maximum atomic E-state index is 13.7. The quantitative estimate of drug-likeness (QED) is 0.899. The zero-order valence-corrected chi connectivity index (χ0v) is 13.7. The average molecular weight is 347 g/mol. The Bertz CT molecular complexity index is 814. The van der Waals surface area contributed by atoms with Gasteiger partial charge in [0.2, 0.25) is 0 Å². The molecule has 1 aromatic carbocycles. The van der Waals surface area contributed by atoms with Crippen molar-refractivity contribution in [2.24, 2.45) is 5.92 Å². The van der Waals surface area contributed by atoms with Crippen molar-refractivity contribution in [3.63, 3.8) is 0 Å². The van der Waals surface area contributed by atoms with Crippen LogP contribution in [-0.2, 0) is 17.8 Å². The first-order valence-electron chi connectivity index (χ1n) is 8.24. The Hall–Kier alpha value is -2.41. The van der Waals surface area contributed by atoms with Crippen molar-refractivity contribution in [2.75, 3.05) is 13.1 Å². The molecule has 1 fully saturated rings. The summed E-state index contributed by atoms with van der Waals surface area (Å²) in [5.41, 5.74) is 0.351. The number of halogens is 2. The van der Waals surface area contributed by atoms with Crippen LogP contribution in [0, 0.1) is 17.6 Å². The predicted molar refractivity (Wildman–Crippen MR) is 87.9 cm³/mol. The van der Waals surface area contributed by atoms with Gasteiger partial charge in [0.15, 0.2) is 0 Å². The fraction of sp³-hybridized carbons (Fsp3) is 0.389. The fourth-order valence-electron chi connectivity index (χ4n) is 3.13. The highest BCUT2D eigenvalue weighted by Gasteiger charge is 2.26. The number of likely N-dealkylation sites (tertiary alicyclic amines) is 1. The minimum atomic E-state index is -0.554. The van der Waals surface area contributed by atoms with Crippen molar-refractivity contribution in [2.45, 2.75) is 25.8 Å². The van der Waals surface area contributed by atoms with Crippen molar-refractivity contribution in [1.82, 2.24) is 14.9 Å². The Morgan fingerprint density at radius 3 is 2.76 bits per heavy atom. The van der Waals surface area contributed by atoms with Gasteiger partial charge in [0.25, 0.3) is 5.56 Å². The zero-order chi connectivity index (χ0) is 17.8. The van der Waals surface area contributed by atoms with Crippen molar-refractivity contribution in [3.8, 4) is 0 Å². The number of carbonyl (C=O) groups is 1. The summed E-state index contributed by atoms with van der Waals surface area (Å²) in [6.07, 6.45) is 4.22. The van der Waals surface area contributed by atoms with E-state index in [1.807, 2.05) is 0 Å². The largest absolute Gasteiger partial charge is 0.326 e. The molecule has 25 heavy (non-hydrogen) atoms. The molecule has 1 aliphatic rings. The van der Waals surface area contributed by atoms with E-state index in [4.69, 9.17) is 0 Å². The lowest BCUT2D eigenvalue weighted by Gasteiger charge is -2.30. The Labute approximate surface area is 143 Å². The molecule has 0 atom stereocenters. The second kappa shape index (κ2) is 7.65. The number of aromatic nitrogens is 2. The lowest BCUT2D eigenvalue weighted by atomic mass is 9.89. The normalized spacial score (nSPS) is 16.1. The maximum absolute atomic E-state index is 13.7. The van der Waals surface area contributed by atoms with E-state index in [2.05, 4.69) is 14.9 Å². The third-order valence-electron chi connectivity index (χ3n) is 4.57. The molecule has 0 bridgehead atoms. The van der Waals surface area contributed by atoms with E-state index in [-0.39, 0.29) is 29.2 Å². The van der Waals surface area contributed by atoms with Gasteiger partial charge in [0.1, 0.15) is 23.1 Å². The summed E-state index contributed by atoms with van der Waals surface area (Å²) in [5.74, 6) is -1.33. The van der Waals surface area contributed by atoms with Gasteiger partial charge in [0, 0.05) is 31.3 Å². The van der Waals surface area contributed by atoms with Crippen LogP contribution in [0.5, 0.6) is 0 Å². The number of nitrogens with zero attached hydrogens (tertiary/aromatic N) is 2. The van der Waals surface area contributed by atoms with Gasteiger partial charge in [-0.2, -0.15) is 0 Å². The molecular weight excluding hydrogens is 328 g/mol. The number of rotatable bonds is 5. The summed E-state index contributed by atoms with van der Waals surface area (Å²) in [4.78, 5) is 32.8. The van der Waals surface area contributed by atoms with E-state index in [0.717, 1.165) is 18.2 Å². The Morgan fingerprint density at radius 2 is 2.04 bits per heavy atom. The van der Waals surface area contributed by atoms with Crippen LogP contribution in [-0.4, -0.2) is 33.7 Å². The van der Waals surface area contributed by atoms with E-state index in [1.54, 1.807) is 6.20 Å². The summed E-state index contributed by atoms with van der Waals surface area (Å²) >= 11 is 0. The smallest absolute Gasteiger partial charge is 0.270 e. The lowest BCUT2D eigenvalue weighted by Crippen LogP contribution is -2.37. The van der Waals surface area contributed by atoms with E-state index < -0.39 is 11.6 Å². The molecule has 5 nitrogen and oxygen atoms in total. The molecular formula is C18H19F2N3O2. The minimum absolute atomic E-state index is 0.0696. The zero-order valence-electron chi connectivity index (χ0n) is 13.7. The highest BCUT2D eigenvalue weighted by atomic mass is 19.1. The van der Waals surface area contributed by atoms with Gasteiger partial charge < -0.3 is 4.98 Å². The van der Waals surface area contributed by atoms with Crippen molar-refractivity contribution < 1.29 is 13.6 Å². The summed E-state index contributed by atoms with van der Waals surface area (Å²) in [6.45, 7) is 1.77. The Kier molecular flexibility index (Phi) is 5.33. The topological polar surface area (TPSA) is 66.1 Å². The summed E-state index contributed by atoms with van der Waals surface area (Å²) in [6, 6.07) is 3.17. The molecule has 1 aliphatic heterocycles. The second-order valence-electron chi connectivity index (χ2n) is 6.29. The van der Waals surface area contributed by atoms with Gasteiger partial charge in [-0.05, 0) is 49.7 Å². The van der Waals surface area contributed by atoms with Gasteiger partial charge in [-0.1, -0.05) is 0 Å². The number of Topliss-reactive ketones (excluding diaryl/α,β-unsaturated/α-hetero) is 1. The van der Waals surface area contributed by atoms with E-state index in [1.165, 1.54) is 6.20 Å². The fourth-order valence-corrected chi connectivity index (χ4v) is 3.13. The van der Waals surface area contributed by atoms with E-state index in [9.17, 15) is 18.4 Å². The maximum Gasteiger partial charge on any atom is 0.270 e. The van der Waals surface area contributed by atoms with Crippen molar-refractivity contribution >= 4 is 5.78 Å². The van der Waals surface area contributed by atoms with Gasteiger partial charge in [-0.3, -0.25) is 19.5 Å². The number of aromatic amines is 1. The van der Waals surface area contributed by atoms with Crippen LogP contribution in [0.25, 0.3) is 0 Å². The summed E-state index contributed by atoms with van der Waals surface area (Å²) in [7, 11) is 0. The molecule has 3 rings (SSSR count). The molecule has 132 valence electrons. The number of piperidine rings is 1. The summed E-state index contributed by atoms with van der Waals surface area (Å²) in [5, 5.41) is 0. The van der Waals surface area contributed by atoms with Crippen LogP contribution in [0.4, 0.5) is 8.78 Å². The highest BCUT2D eigenvalue weighted by molar-refractivity contribution is 5.83. The van der Waals surface area contributed by atoms with Crippen LogP contribution in [0.3, 0.4) is 0 Å².